The van der Waals surface area contributed by atoms with Crippen LogP contribution < -0.4 is 0 Å². The molecule has 0 rings (SSSR count). The molecular weight excluding hydrogens is 757 g/mol. The topological polar surface area (TPSA) is 78.9 Å². The number of esters is 3. The molecule has 0 aliphatic heterocycles. The number of carbonyl (C=O) groups excluding carboxylic acids is 3. The molecule has 1 atom stereocenters. The van der Waals surface area contributed by atoms with Crippen molar-refractivity contribution in [2.75, 3.05) is 13.2 Å². The van der Waals surface area contributed by atoms with Crippen molar-refractivity contribution in [3.63, 3.8) is 0 Å². The Bertz CT molecular complexity index is 1340. The van der Waals surface area contributed by atoms with Crippen LogP contribution in [0.4, 0.5) is 0 Å². The zero-order valence-corrected chi connectivity index (χ0v) is 38.9. The summed E-state index contributed by atoms with van der Waals surface area (Å²) in [7, 11) is 0. The number of carbonyl (C=O) groups is 3. The highest BCUT2D eigenvalue weighted by molar-refractivity contribution is 5.71. The van der Waals surface area contributed by atoms with Crippen LogP contribution in [0, 0.1) is 0 Å². The number of hydrogen-bond acceptors (Lipinski definition) is 6. The molecule has 6 heteroatoms. The Morgan fingerprint density at radius 1 is 0.361 bits per heavy atom. The van der Waals surface area contributed by atoms with Gasteiger partial charge in [-0.3, -0.25) is 14.4 Å². The van der Waals surface area contributed by atoms with E-state index in [4.69, 9.17) is 14.2 Å². The molecule has 1 unspecified atom stereocenters. The van der Waals surface area contributed by atoms with E-state index in [9.17, 15) is 14.4 Å². The van der Waals surface area contributed by atoms with E-state index in [1.165, 1.54) is 51.4 Å². The van der Waals surface area contributed by atoms with Gasteiger partial charge in [-0.25, -0.2) is 0 Å². The summed E-state index contributed by atoms with van der Waals surface area (Å²) in [5.41, 5.74) is 0. The van der Waals surface area contributed by atoms with Crippen LogP contribution in [0.1, 0.15) is 188 Å². The van der Waals surface area contributed by atoms with Crippen LogP contribution in [0.5, 0.6) is 0 Å². The maximum absolute atomic E-state index is 12.7. The Hall–Kier alpha value is -4.19. The van der Waals surface area contributed by atoms with E-state index in [-0.39, 0.29) is 31.6 Å². The molecule has 0 aromatic heterocycles. The molecule has 0 aromatic rings. The van der Waals surface area contributed by atoms with E-state index in [2.05, 4.69) is 81.5 Å². The minimum absolute atomic E-state index is 0.122. The van der Waals surface area contributed by atoms with Crippen LogP contribution in [0.25, 0.3) is 0 Å². The summed E-state index contributed by atoms with van der Waals surface area (Å²) in [6.45, 7) is 6.22. The number of rotatable bonds is 41. The van der Waals surface area contributed by atoms with Gasteiger partial charge >= 0.3 is 17.9 Å². The van der Waals surface area contributed by atoms with Gasteiger partial charge in [-0.2, -0.15) is 0 Å². The highest BCUT2D eigenvalue weighted by Crippen LogP contribution is 2.13. The minimum atomic E-state index is -0.829. The molecule has 342 valence electrons. The van der Waals surface area contributed by atoms with E-state index >= 15 is 0 Å². The summed E-state index contributed by atoms with van der Waals surface area (Å²) in [5.74, 6) is -1.04. The summed E-state index contributed by atoms with van der Waals surface area (Å²) in [6, 6.07) is 0. The van der Waals surface area contributed by atoms with E-state index in [1.54, 1.807) is 0 Å². The third-order valence-electron chi connectivity index (χ3n) is 9.62. The Kier molecular flexibility index (Phi) is 45.1. The van der Waals surface area contributed by atoms with Gasteiger partial charge in [-0.15, -0.1) is 0 Å². The lowest BCUT2D eigenvalue weighted by Gasteiger charge is -2.18. The van der Waals surface area contributed by atoms with Gasteiger partial charge in [0.05, 0.1) is 0 Å². The molecule has 0 saturated heterocycles. The van der Waals surface area contributed by atoms with Crippen molar-refractivity contribution >= 4 is 17.9 Å². The van der Waals surface area contributed by atoms with Gasteiger partial charge in [-0.05, 0) is 83.5 Å². The molecule has 0 aromatic carbocycles. The second-order valence-corrected chi connectivity index (χ2v) is 15.4. The lowest BCUT2D eigenvalue weighted by molar-refractivity contribution is -0.167. The van der Waals surface area contributed by atoms with Gasteiger partial charge in [0.2, 0.25) is 0 Å². The zero-order chi connectivity index (χ0) is 44.4. The molecule has 0 aliphatic carbocycles. The Morgan fingerprint density at radius 3 is 1.18 bits per heavy atom. The lowest BCUT2D eigenvalue weighted by atomic mass is 10.1. The SMILES string of the molecule is CC\C=C/C=C\C=C/C=C\C=C/CCCC(=O)OC(COC(=O)CCCCCCC\C=C/C=C\C=C/CC)COC(=O)CCCCCCCCC/C=C\C/C=C\CCCCC. The number of allylic oxidation sites excluding steroid dienone is 20. The van der Waals surface area contributed by atoms with Gasteiger partial charge in [-0.1, -0.05) is 206 Å². The highest BCUT2D eigenvalue weighted by Gasteiger charge is 2.19. The van der Waals surface area contributed by atoms with E-state index in [0.29, 0.717) is 19.3 Å². The van der Waals surface area contributed by atoms with Crippen LogP contribution in [-0.4, -0.2) is 37.2 Å². The molecule has 0 amide bonds. The van der Waals surface area contributed by atoms with Crippen LogP contribution >= 0.6 is 0 Å². The van der Waals surface area contributed by atoms with Crippen LogP contribution in [-0.2, 0) is 28.6 Å². The minimum Gasteiger partial charge on any atom is -0.462 e. The van der Waals surface area contributed by atoms with Crippen LogP contribution in [0.2, 0.25) is 0 Å². The standard InChI is InChI=1S/C55H86O6/c1-4-7-10-13-16-19-22-25-26-27-28-31-33-36-39-42-45-48-54(57)60-51-52(61-55(58)49-46-43-40-37-34-30-24-21-18-15-12-9-6-3)50-59-53(56)47-44-41-38-35-32-29-23-20-17-14-11-8-5-2/h8-9,11-12,14-21,23-26,30,34,37,40,52H,4-7,10,13,22,27-29,31-33,35-36,38-39,41-51H2,1-3H3/b11-8-,12-9-,17-14-,18-15-,19-16-,23-20-,24-21-,26-25-,34-30-,40-37-. The molecule has 0 heterocycles. The Labute approximate surface area is 373 Å². The third kappa shape index (κ3) is 46.7. The smallest absolute Gasteiger partial charge is 0.306 e. The molecule has 0 saturated carbocycles. The van der Waals surface area contributed by atoms with Gasteiger partial charge in [0, 0.05) is 19.3 Å². The monoisotopic (exact) mass is 843 g/mol. The number of hydrogen-bond donors (Lipinski definition) is 0. The van der Waals surface area contributed by atoms with E-state index < -0.39 is 12.1 Å². The third-order valence-corrected chi connectivity index (χ3v) is 9.62. The summed E-state index contributed by atoms with van der Waals surface area (Å²) in [4.78, 5) is 37.8. The van der Waals surface area contributed by atoms with Crippen molar-refractivity contribution in [2.45, 2.75) is 194 Å². The van der Waals surface area contributed by atoms with Crippen LogP contribution in [0.3, 0.4) is 0 Å². The van der Waals surface area contributed by atoms with Gasteiger partial charge in [0.15, 0.2) is 6.10 Å². The predicted octanol–water partition coefficient (Wildman–Crippen LogP) is 15.7. The van der Waals surface area contributed by atoms with Crippen molar-refractivity contribution < 1.29 is 28.6 Å². The van der Waals surface area contributed by atoms with Gasteiger partial charge in [0.1, 0.15) is 13.2 Å². The van der Waals surface area contributed by atoms with Crippen molar-refractivity contribution in [2.24, 2.45) is 0 Å². The fraction of sp³-hybridized carbons (Fsp3) is 0.582. The first-order chi connectivity index (χ1) is 30.0. The highest BCUT2D eigenvalue weighted by atomic mass is 16.6. The summed E-state index contributed by atoms with van der Waals surface area (Å²) in [5, 5.41) is 0. The molecule has 0 radical (unpaired) electrons. The first-order valence-electron chi connectivity index (χ1n) is 24.1. The van der Waals surface area contributed by atoms with Crippen molar-refractivity contribution in [3.05, 3.63) is 122 Å². The van der Waals surface area contributed by atoms with Gasteiger partial charge < -0.3 is 14.2 Å². The summed E-state index contributed by atoms with van der Waals surface area (Å²) >= 11 is 0. The number of ether oxygens (including phenoxy) is 3. The zero-order valence-electron chi connectivity index (χ0n) is 38.9. The average molecular weight is 843 g/mol. The lowest BCUT2D eigenvalue weighted by Crippen LogP contribution is -2.30. The molecular formula is C55H86O6. The maximum atomic E-state index is 12.7. The first kappa shape index (κ1) is 56.8. The van der Waals surface area contributed by atoms with Crippen molar-refractivity contribution in [1.82, 2.24) is 0 Å². The van der Waals surface area contributed by atoms with Crippen molar-refractivity contribution in [1.29, 1.82) is 0 Å². The molecule has 61 heavy (non-hydrogen) atoms. The van der Waals surface area contributed by atoms with E-state index in [1.807, 2.05) is 60.8 Å². The first-order valence-corrected chi connectivity index (χ1v) is 24.1. The largest absolute Gasteiger partial charge is 0.462 e. The van der Waals surface area contributed by atoms with Gasteiger partial charge in [0.25, 0.3) is 0 Å². The molecule has 0 aliphatic rings. The van der Waals surface area contributed by atoms with Crippen molar-refractivity contribution in [3.8, 4) is 0 Å². The second-order valence-electron chi connectivity index (χ2n) is 15.4. The molecule has 6 nitrogen and oxygen atoms in total. The predicted molar refractivity (Wildman–Crippen MR) is 260 cm³/mol. The molecule has 0 N–H and O–H groups in total. The second kappa shape index (κ2) is 48.5. The molecule has 0 bridgehead atoms. The quantitative estimate of drug-likeness (QED) is 0.0201. The maximum Gasteiger partial charge on any atom is 0.306 e. The van der Waals surface area contributed by atoms with E-state index in [0.717, 1.165) is 89.9 Å². The normalized spacial score (nSPS) is 13.2. The molecule has 0 spiro atoms. The number of unbranched alkanes of at least 4 members (excludes halogenated alkanes) is 16. The molecule has 0 fully saturated rings. The fourth-order valence-electron chi connectivity index (χ4n) is 6.03. The van der Waals surface area contributed by atoms with Crippen LogP contribution in [0.15, 0.2) is 122 Å². The fourth-order valence-corrected chi connectivity index (χ4v) is 6.03. The Morgan fingerprint density at radius 2 is 0.721 bits per heavy atom. The average Bonchev–Trinajstić information content (AvgIpc) is 3.26. The summed E-state index contributed by atoms with van der Waals surface area (Å²) < 4.78 is 16.7. The Balaban J connectivity index is 4.53. The summed E-state index contributed by atoms with van der Waals surface area (Å²) in [6.07, 6.45) is 66.2.